The minimum absolute atomic E-state index is 0.881. The second-order valence-electron chi connectivity index (χ2n) is 2.49. The number of rotatable bonds is 5. The summed E-state index contributed by atoms with van der Waals surface area (Å²) in [6, 6.07) is 4.26. The molecule has 1 rings (SSSR count). The molecule has 0 spiro atoms. The van der Waals surface area contributed by atoms with Gasteiger partial charge in [0.25, 0.3) is 0 Å². The fraction of sp³-hybridized carbons (Fsp3) is 0.500. The van der Waals surface area contributed by atoms with Gasteiger partial charge < -0.3 is 10.6 Å². The summed E-state index contributed by atoms with van der Waals surface area (Å²) < 4.78 is 1.21. The van der Waals surface area contributed by atoms with Crippen molar-refractivity contribution < 1.29 is 0 Å². The van der Waals surface area contributed by atoms with E-state index < -0.39 is 0 Å². The topological polar surface area (TPSA) is 24.1 Å². The number of hydrogen-bond donors (Lipinski definition) is 2. The average Bonchev–Trinajstić information content (AvgIpc) is 2.45. The zero-order valence-corrected chi connectivity index (χ0v) is 9.46. The van der Waals surface area contributed by atoms with E-state index in [-0.39, 0.29) is 0 Å². The van der Waals surface area contributed by atoms with E-state index in [1.807, 2.05) is 7.05 Å². The van der Waals surface area contributed by atoms with E-state index in [0.717, 1.165) is 19.6 Å². The van der Waals surface area contributed by atoms with Gasteiger partial charge in [-0.05, 0) is 41.5 Å². The molecule has 0 radical (unpaired) electrons. The maximum Gasteiger partial charge on any atom is 0.0701 e. The fourth-order valence-electron chi connectivity index (χ4n) is 0.911. The first-order valence-corrected chi connectivity index (χ1v) is 5.53. The molecule has 0 atom stereocenters. The Hall–Kier alpha value is 0.1000. The van der Waals surface area contributed by atoms with Crippen molar-refractivity contribution in [2.24, 2.45) is 0 Å². The van der Waals surface area contributed by atoms with Gasteiger partial charge in [-0.3, -0.25) is 0 Å². The lowest BCUT2D eigenvalue weighted by Crippen LogP contribution is -2.27. The van der Waals surface area contributed by atoms with Gasteiger partial charge in [0.1, 0.15) is 0 Å². The summed E-state index contributed by atoms with van der Waals surface area (Å²) in [5.74, 6) is 0. The van der Waals surface area contributed by atoms with Gasteiger partial charge in [0.05, 0.1) is 3.79 Å². The van der Waals surface area contributed by atoms with Gasteiger partial charge in [-0.25, -0.2) is 0 Å². The van der Waals surface area contributed by atoms with Gasteiger partial charge in [0.15, 0.2) is 0 Å². The Balaban J connectivity index is 2.15. The van der Waals surface area contributed by atoms with Gasteiger partial charge in [-0.1, -0.05) is 0 Å². The van der Waals surface area contributed by atoms with Crippen LogP contribution >= 0.6 is 27.3 Å². The Morgan fingerprint density at radius 3 is 2.92 bits per heavy atom. The zero-order chi connectivity index (χ0) is 8.81. The van der Waals surface area contributed by atoms with Crippen LogP contribution in [-0.4, -0.2) is 20.3 Å². The highest BCUT2D eigenvalue weighted by molar-refractivity contribution is 9.11. The van der Waals surface area contributed by atoms with Crippen molar-refractivity contribution in [3.8, 4) is 0 Å². The Morgan fingerprint density at radius 1 is 1.50 bits per heavy atom. The smallest absolute Gasteiger partial charge is 0.0701 e. The van der Waals surface area contributed by atoms with Gasteiger partial charge in [-0.15, -0.1) is 11.3 Å². The zero-order valence-electron chi connectivity index (χ0n) is 7.06. The molecule has 68 valence electrons. The first kappa shape index (κ1) is 10.2. The third-order valence-corrected chi connectivity index (χ3v) is 3.16. The van der Waals surface area contributed by atoms with Crippen molar-refractivity contribution in [3.63, 3.8) is 0 Å². The van der Waals surface area contributed by atoms with Gasteiger partial charge >= 0.3 is 0 Å². The van der Waals surface area contributed by atoms with E-state index >= 15 is 0 Å². The lowest BCUT2D eigenvalue weighted by Gasteiger charge is -2.00. The predicted octanol–water partition coefficient (Wildman–Crippen LogP) is 1.82. The van der Waals surface area contributed by atoms with Gasteiger partial charge in [-0.2, -0.15) is 0 Å². The normalized spacial score (nSPS) is 10.5. The third-order valence-electron chi connectivity index (χ3n) is 1.48. The van der Waals surface area contributed by atoms with Crippen LogP contribution in [0.1, 0.15) is 4.88 Å². The molecule has 0 aromatic carbocycles. The molecule has 0 unspecified atom stereocenters. The molecule has 1 aromatic rings. The van der Waals surface area contributed by atoms with Crippen molar-refractivity contribution in [2.75, 3.05) is 20.3 Å². The van der Waals surface area contributed by atoms with Crippen LogP contribution in [0.2, 0.25) is 0 Å². The van der Waals surface area contributed by atoms with Crippen LogP contribution in [0.5, 0.6) is 0 Å². The van der Waals surface area contributed by atoms with E-state index in [1.165, 1.54) is 8.66 Å². The second kappa shape index (κ2) is 5.70. The van der Waals surface area contributed by atoms with Crippen molar-refractivity contribution in [1.82, 2.24) is 10.6 Å². The monoisotopic (exact) mass is 248 g/mol. The van der Waals surface area contributed by atoms with E-state index in [0.29, 0.717) is 0 Å². The van der Waals surface area contributed by atoms with Crippen LogP contribution in [0.4, 0.5) is 0 Å². The third kappa shape index (κ3) is 3.67. The molecule has 0 saturated carbocycles. The summed E-state index contributed by atoms with van der Waals surface area (Å²) in [5.41, 5.74) is 0. The molecular formula is C8H13BrN2S. The molecule has 12 heavy (non-hydrogen) atoms. The average molecular weight is 249 g/mol. The minimum atomic E-state index is 0.881. The van der Waals surface area contributed by atoms with Crippen molar-refractivity contribution in [3.05, 3.63) is 20.8 Å². The first-order valence-electron chi connectivity index (χ1n) is 3.92. The number of thiophene rings is 1. The molecule has 0 aliphatic carbocycles. The van der Waals surface area contributed by atoms with E-state index in [2.05, 4.69) is 38.7 Å². The Labute approximate surface area is 85.5 Å². The largest absolute Gasteiger partial charge is 0.308 e. The number of hydrogen-bond acceptors (Lipinski definition) is 3. The molecule has 0 bridgehead atoms. The predicted molar refractivity (Wildman–Crippen MR) is 57.7 cm³/mol. The highest BCUT2D eigenvalue weighted by atomic mass is 79.9. The number of halogens is 1. The van der Waals surface area contributed by atoms with Crippen LogP contribution < -0.4 is 10.6 Å². The quantitative estimate of drug-likeness (QED) is 0.614. The summed E-state index contributed by atoms with van der Waals surface area (Å²) in [6.45, 7) is 1.92. The highest BCUT2D eigenvalue weighted by Gasteiger charge is 1.95. The van der Waals surface area contributed by atoms with Crippen LogP contribution in [-0.2, 0) is 6.42 Å². The van der Waals surface area contributed by atoms with E-state index in [1.54, 1.807) is 11.3 Å². The number of nitrogens with one attached hydrogen (secondary N) is 2. The molecule has 0 fully saturated rings. The van der Waals surface area contributed by atoms with E-state index in [9.17, 15) is 0 Å². The SMILES string of the molecule is CNCNCCc1ccc(Br)s1. The van der Waals surface area contributed by atoms with Gasteiger partial charge in [0.2, 0.25) is 0 Å². The Kier molecular flexibility index (Phi) is 4.83. The maximum absolute atomic E-state index is 3.44. The molecular weight excluding hydrogens is 236 g/mol. The van der Waals surface area contributed by atoms with E-state index in [4.69, 9.17) is 0 Å². The van der Waals surface area contributed by atoms with Crippen LogP contribution in [0.25, 0.3) is 0 Å². The molecule has 1 heterocycles. The van der Waals surface area contributed by atoms with Crippen molar-refractivity contribution in [1.29, 1.82) is 0 Å². The summed E-state index contributed by atoms with van der Waals surface area (Å²) in [4.78, 5) is 1.42. The summed E-state index contributed by atoms with van der Waals surface area (Å²) in [5, 5.41) is 6.32. The molecule has 1 aromatic heterocycles. The Bertz CT molecular complexity index is 225. The molecule has 4 heteroatoms. The second-order valence-corrected chi connectivity index (χ2v) is 5.03. The lowest BCUT2D eigenvalue weighted by molar-refractivity contribution is 0.633. The molecule has 2 nitrogen and oxygen atoms in total. The lowest BCUT2D eigenvalue weighted by atomic mass is 10.3. The van der Waals surface area contributed by atoms with Gasteiger partial charge in [0, 0.05) is 18.1 Å². The standard InChI is InChI=1S/C8H13BrN2S/c1-10-6-11-5-4-7-2-3-8(9)12-7/h2-3,10-11H,4-6H2,1H3. The van der Waals surface area contributed by atoms with Crippen LogP contribution in [0, 0.1) is 0 Å². The van der Waals surface area contributed by atoms with Crippen LogP contribution in [0.3, 0.4) is 0 Å². The molecule has 0 amide bonds. The fourth-order valence-corrected chi connectivity index (χ4v) is 2.39. The summed E-state index contributed by atoms with van der Waals surface area (Å²) in [7, 11) is 1.94. The minimum Gasteiger partial charge on any atom is -0.308 e. The molecule has 2 N–H and O–H groups in total. The van der Waals surface area contributed by atoms with Crippen molar-refractivity contribution in [2.45, 2.75) is 6.42 Å². The summed E-state index contributed by atoms with van der Waals surface area (Å²) in [6.07, 6.45) is 1.11. The highest BCUT2D eigenvalue weighted by Crippen LogP contribution is 2.21. The van der Waals surface area contributed by atoms with Crippen LogP contribution in [0.15, 0.2) is 15.9 Å². The summed E-state index contributed by atoms with van der Waals surface area (Å²) >= 11 is 5.24. The molecule has 0 aliphatic rings. The maximum atomic E-state index is 3.44. The Morgan fingerprint density at radius 2 is 2.33 bits per heavy atom. The van der Waals surface area contributed by atoms with Crippen molar-refractivity contribution >= 4 is 27.3 Å². The molecule has 0 aliphatic heterocycles. The molecule has 0 saturated heterocycles. The first-order chi connectivity index (χ1) is 5.83.